The van der Waals surface area contributed by atoms with Crippen molar-refractivity contribution in [2.24, 2.45) is 0 Å². The van der Waals surface area contributed by atoms with Crippen molar-refractivity contribution in [1.82, 2.24) is 4.98 Å². The van der Waals surface area contributed by atoms with E-state index >= 15 is 0 Å². The third kappa shape index (κ3) is 2.80. The Morgan fingerprint density at radius 1 is 1.23 bits per heavy atom. The quantitative estimate of drug-likeness (QED) is 0.504. The van der Waals surface area contributed by atoms with E-state index in [2.05, 4.69) is 4.98 Å². The Morgan fingerprint density at radius 2 is 2.09 bits per heavy atom. The van der Waals surface area contributed by atoms with Gasteiger partial charge in [0.15, 0.2) is 11.5 Å². The van der Waals surface area contributed by atoms with Gasteiger partial charge in [0.2, 0.25) is 0 Å². The minimum atomic E-state index is 0.508. The Hall–Kier alpha value is -2.05. The second kappa shape index (κ2) is 6.37. The van der Waals surface area contributed by atoms with Crippen LogP contribution in [0.25, 0.3) is 10.2 Å². The zero-order valence-corrected chi connectivity index (χ0v) is 13.7. The third-order valence-corrected chi connectivity index (χ3v) is 4.77. The molecule has 0 fully saturated rings. The highest BCUT2D eigenvalue weighted by Crippen LogP contribution is 2.38. The van der Waals surface area contributed by atoms with Gasteiger partial charge in [-0.25, -0.2) is 4.98 Å². The highest BCUT2D eigenvalue weighted by molar-refractivity contribution is 7.98. The summed E-state index contributed by atoms with van der Waals surface area (Å²) >= 11 is 3.13. The number of nitrogens with zero attached hydrogens (tertiary/aromatic N) is 1. The Balaban J connectivity index is 1.98. The van der Waals surface area contributed by atoms with Crippen molar-refractivity contribution in [3.05, 3.63) is 42.0 Å². The summed E-state index contributed by atoms with van der Waals surface area (Å²) in [6, 6.07) is 11.1. The summed E-state index contributed by atoms with van der Waals surface area (Å²) in [4.78, 5) is 16.5. The number of hydrogen-bond donors (Lipinski definition) is 0. The van der Waals surface area contributed by atoms with Gasteiger partial charge in [-0.05, 0) is 36.6 Å². The smallest absolute Gasteiger partial charge is 0.280 e. The molecule has 3 rings (SSSR count). The number of carbonyl (C=O) groups is 1. The van der Waals surface area contributed by atoms with Crippen LogP contribution in [0.2, 0.25) is 0 Å². The molecule has 0 spiro atoms. The molecule has 0 saturated carbocycles. The monoisotopic (exact) mass is 331 g/mol. The van der Waals surface area contributed by atoms with Crippen LogP contribution < -0.4 is 9.47 Å². The molecule has 1 heterocycles. The predicted octanol–water partition coefficient (Wildman–Crippen LogP) is 4.63. The van der Waals surface area contributed by atoms with Gasteiger partial charge in [-0.15, -0.1) is 11.8 Å². The maximum atomic E-state index is 10.8. The molecule has 2 aromatic carbocycles. The van der Waals surface area contributed by atoms with Gasteiger partial charge >= 0.3 is 0 Å². The van der Waals surface area contributed by atoms with E-state index in [1.165, 1.54) is 11.3 Å². The zero-order chi connectivity index (χ0) is 15.5. The number of methoxy groups -OCH3 is 1. The third-order valence-electron chi connectivity index (χ3n) is 3.10. The number of fused-ring (bicyclic) bond motifs is 1. The molecule has 0 radical (unpaired) electrons. The molecule has 1 aromatic heterocycles. The fourth-order valence-electron chi connectivity index (χ4n) is 2.05. The molecule has 0 unspecified atom stereocenters. The molecule has 0 saturated heterocycles. The van der Waals surface area contributed by atoms with E-state index in [1.807, 2.05) is 24.5 Å². The lowest BCUT2D eigenvalue weighted by atomic mass is 10.2. The van der Waals surface area contributed by atoms with Gasteiger partial charge in [0, 0.05) is 10.5 Å². The van der Waals surface area contributed by atoms with Crippen molar-refractivity contribution in [3.63, 3.8) is 0 Å². The number of thioether (sulfide) groups is 1. The second-order valence-corrected chi connectivity index (χ2v) is 6.26. The average molecular weight is 331 g/mol. The molecule has 0 bridgehead atoms. The number of aromatic nitrogens is 1. The van der Waals surface area contributed by atoms with E-state index in [0.717, 1.165) is 21.4 Å². The molecule has 0 N–H and O–H groups in total. The van der Waals surface area contributed by atoms with E-state index < -0.39 is 0 Å². The highest BCUT2D eigenvalue weighted by Gasteiger charge is 2.12. The first-order valence-electron chi connectivity index (χ1n) is 6.49. The number of carbonyl (C=O) groups excluding carboxylic acids is 1. The summed E-state index contributed by atoms with van der Waals surface area (Å²) in [7, 11) is 1.54. The van der Waals surface area contributed by atoms with Crippen LogP contribution in [-0.2, 0) is 0 Å². The molecule has 3 aromatic rings. The first kappa shape index (κ1) is 14.9. The Kier molecular flexibility index (Phi) is 4.31. The number of para-hydroxylation sites is 1. The summed E-state index contributed by atoms with van der Waals surface area (Å²) < 4.78 is 12.2. The van der Waals surface area contributed by atoms with Crippen LogP contribution in [0.4, 0.5) is 0 Å². The largest absolute Gasteiger partial charge is 0.493 e. The van der Waals surface area contributed by atoms with Crippen LogP contribution in [0.1, 0.15) is 10.4 Å². The highest BCUT2D eigenvalue weighted by atomic mass is 32.2. The lowest BCUT2D eigenvalue weighted by molar-refractivity contribution is 0.112. The number of aldehydes is 1. The molecular formula is C16H13NO3S2. The van der Waals surface area contributed by atoms with Gasteiger partial charge in [-0.1, -0.05) is 17.4 Å². The lowest BCUT2D eigenvalue weighted by Crippen LogP contribution is -1.91. The average Bonchev–Trinajstić information content (AvgIpc) is 2.97. The summed E-state index contributed by atoms with van der Waals surface area (Å²) in [5.41, 5.74) is 1.48. The summed E-state index contributed by atoms with van der Waals surface area (Å²) in [5, 5.41) is 0.550. The van der Waals surface area contributed by atoms with Gasteiger partial charge in [-0.2, -0.15) is 0 Å². The number of hydrogen-bond acceptors (Lipinski definition) is 6. The first-order valence-corrected chi connectivity index (χ1v) is 8.54. The fourth-order valence-corrected chi connectivity index (χ4v) is 3.53. The SMILES string of the molecule is COc1cc(C=O)ccc1Oc1nc2c(SC)cccc2s1. The maximum absolute atomic E-state index is 10.8. The molecule has 0 aliphatic rings. The summed E-state index contributed by atoms with van der Waals surface area (Å²) in [5.74, 6) is 1.05. The second-order valence-electron chi connectivity index (χ2n) is 4.42. The van der Waals surface area contributed by atoms with Crippen LogP contribution in [0.5, 0.6) is 16.7 Å². The molecule has 22 heavy (non-hydrogen) atoms. The van der Waals surface area contributed by atoms with E-state index in [4.69, 9.17) is 9.47 Å². The molecule has 6 heteroatoms. The molecular weight excluding hydrogens is 318 g/mol. The number of rotatable bonds is 5. The van der Waals surface area contributed by atoms with Gasteiger partial charge in [-0.3, -0.25) is 4.79 Å². The van der Waals surface area contributed by atoms with Gasteiger partial charge in [0.1, 0.15) is 6.29 Å². The molecule has 0 aliphatic heterocycles. The van der Waals surface area contributed by atoms with E-state index in [9.17, 15) is 4.79 Å². The van der Waals surface area contributed by atoms with Gasteiger partial charge < -0.3 is 9.47 Å². The maximum Gasteiger partial charge on any atom is 0.280 e. The van der Waals surface area contributed by atoms with Crippen molar-refractivity contribution in [1.29, 1.82) is 0 Å². The van der Waals surface area contributed by atoms with E-state index in [0.29, 0.717) is 22.3 Å². The molecule has 0 atom stereocenters. The van der Waals surface area contributed by atoms with Crippen molar-refractivity contribution in [3.8, 4) is 16.7 Å². The molecule has 0 amide bonds. The van der Waals surface area contributed by atoms with E-state index in [-0.39, 0.29) is 0 Å². The topological polar surface area (TPSA) is 48.4 Å². The van der Waals surface area contributed by atoms with Crippen molar-refractivity contribution < 1.29 is 14.3 Å². The Labute approximate surface area is 136 Å². The summed E-state index contributed by atoms with van der Waals surface area (Å²) in [6.45, 7) is 0. The van der Waals surface area contributed by atoms with Crippen molar-refractivity contribution in [2.45, 2.75) is 4.90 Å². The molecule has 112 valence electrons. The van der Waals surface area contributed by atoms with Gasteiger partial charge in [0.25, 0.3) is 5.19 Å². The Bertz CT molecular complexity index is 829. The minimum absolute atomic E-state index is 0.508. The molecule has 0 aliphatic carbocycles. The van der Waals surface area contributed by atoms with Crippen molar-refractivity contribution >= 4 is 39.6 Å². The predicted molar refractivity (Wildman–Crippen MR) is 89.9 cm³/mol. The first-order chi connectivity index (χ1) is 10.7. The number of thiazole rings is 1. The lowest BCUT2D eigenvalue weighted by Gasteiger charge is -2.08. The molecule has 4 nitrogen and oxygen atoms in total. The fraction of sp³-hybridized carbons (Fsp3) is 0.125. The Morgan fingerprint density at radius 3 is 2.82 bits per heavy atom. The van der Waals surface area contributed by atoms with E-state index in [1.54, 1.807) is 37.1 Å². The number of ether oxygens (including phenoxy) is 2. The normalized spacial score (nSPS) is 10.6. The zero-order valence-electron chi connectivity index (χ0n) is 12.0. The minimum Gasteiger partial charge on any atom is -0.493 e. The number of benzene rings is 2. The van der Waals surface area contributed by atoms with Crippen molar-refractivity contribution in [2.75, 3.05) is 13.4 Å². The van der Waals surface area contributed by atoms with Crippen LogP contribution in [-0.4, -0.2) is 24.6 Å². The van der Waals surface area contributed by atoms with Crippen LogP contribution in [0.15, 0.2) is 41.3 Å². The standard InChI is InChI=1S/C16H13NO3S2/c1-19-12-8-10(9-18)6-7-11(12)20-16-17-15-13(21-2)4-3-5-14(15)22-16/h3-9H,1-2H3. The van der Waals surface area contributed by atoms with Gasteiger partial charge in [0.05, 0.1) is 17.3 Å². The van der Waals surface area contributed by atoms with Crippen LogP contribution in [0.3, 0.4) is 0 Å². The van der Waals surface area contributed by atoms with Crippen LogP contribution >= 0.6 is 23.1 Å². The summed E-state index contributed by atoms with van der Waals surface area (Å²) in [6.07, 6.45) is 2.80. The van der Waals surface area contributed by atoms with Crippen LogP contribution in [0, 0.1) is 0 Å².